The molecule has 1 aliphatic rings. The molecule has 5 heteroatoms. The summed E-state index contributed by atoms with van der Waals surface area (Å²) in [5.74, 6) is 0.643. The van der Waals surface area contributed by atoms with Crippen LogP contribution in [-0.2, 0) is 4.52 Å². The van der Waals surface area contributed by atoms with Crippen LogP contribution in [0.1, 0.15) is 6.42 Å². The Labute approximate surface area is 67.4 Å². The minimum absolute atomic E-state index is 0.562. The van der Waals surface area contributed by atoms with Crippen molar-refractivity contribution in [1.29, 1.82) is 0 Å². The van der Waals surface area contributed by atoms with Crippen LogP contribution in [0.15, 0.2) is 0 Å². The Balaban J connectivity index is 2.02. The molecule has 1 aliphatic heterocycles. The van der Waals surface area contributed by atoms with Gasteiger partial charge in [0, 0.05) is 19.0 Å². The molecule has 0 aliphatic carbocycles. The van der Waals surface area contributed by atoms with E-state index in [4.69, 9.17) is 16.1 Å². The Morgan fingerprint density at radius 1 is 1.70 bits per heavy atom. The molecule has 0 aromatic rings. The van der Waals surface area contributed by atoms with Gasteiger partial charge in [-0.15, -0.1) is 11.6 Å². The van der Waals surface area contributed by atoms with E-state index in [0.29, 0.717) is 5.88 Å². The second-order valence-corrected chi connectivity index (χ2v) is 3.84. The molecule has 0 aromatic carbocycles. The highest BCUT2D eigenvalue weighted by molar-refractivity contribution is 7.48. The van der Waals surface area contributed by atoms with Gasteiger partial charge < -0.3 is 4.52 Å². The van der Waals surface area contributed by atoms with E-state index in [1.807, 2.05) is 0 Å². The van der Waals surface area contributed by atoms with E-state index in [2.05, 4.69) is 10.2 Å². The van der Waals surface area contributed by atoms with E-state index in [0.717, 1.165) is 26.1 Å². The fraction of sp³-hybridized carbons (Fsp3) is 1.00. The molecule has 0 aromatic heterocycles. The van der Waals surface area contributed by atoms with Crippen LogP contribution in [0.4, 0.5) is 0 Å². The molecule has 0 spiro atoms. The van der Waals surface area contributed by atoms with Gasteiger partial charge in [-0.05, 0) is 6.42 Å². The maximum Gasteiger partial charge on any atom is 0.182 e. The molecule has 1 atom stereocenters. The SMILES string of the molecule is ClCCNP1NCCCO1. The van der Waals surface area contributed by atoms with Crippen molar-refractivity contribution in [1.82, 2.24) is 10.2 Å². The normalized spacial score (nSPS) is 26.7. The van der Waals surface area contributed by atoms with E-state index in [-0.39, 0.29) is 0 Å². The summed E-state index contributed by atoms with van der Waals surface area (Å²) in [6.45, 7) is 2.75. The van der Waals surface area contributed by atoms with E-state index in [9.17, 15) is 0 Å². The third-order valence-electron chi connectivity index (χ3n) is 1.15. The van der Waals surface area contributed by atoms with Crippen molar-refractivity contribution >= 4 is 20.1 Å². The average molecular weight is 183 g/mol. The summed E-state index contributed by atoms with van der Waals surface area (Å²) in [6, 6.07) is 0. The standard InChI is InChI=1S/C5H12ClN2OP/c6-2-4-8-10-7-3-1-5-9-10/h7-8H,1-5H2. The molecule has 3 nitrogen and oxygen atoms in total. The summed E-state index contributed by atoms with van der Waals surface area (Å²) in [5, 5.41) is 6.40. The van der Waals surface area contributed by atoms with Crippen LogP contribution in [0, 0.1) is 0 Å². The summed E-state index contributed by atoms with van der Waals surface area (Å²) in [4.78, 5) is 0. The predicted molar refractivity (Wildman–Crippen MR) is 44.2 cm³/mol. The van der Waals surface area contributed by atoms with Gasteiger partial charge in [0.15, 0.2) is 8.45 Å². The fourth-order valence-corrected chi connectivity index (χ4v) is 2.21. The van der Waals surface area contributed by atoms with Gasteiger partial charge in [0.1, 0.15) is 0 Å². The monoisotopic (exact) mass is 182 g/mol. The number of alkyl halides is 1. The lowest BCUT2D eigenvalue weighted by Crippen LogP contribution is -2.27. The van der Waals surface area contributed by atoms with Gasteiger partial charge in [0.25, 0.3) is 0 Å². The highest BCUT2D eigenvalue weighted by atomic mass is 35.5. The molecule has 1 fully saturated rings. The van der Waals surface area contributed by atoms with E-state index in [1.165, 1.54) is 0 Å². The van der Waals surface area contributed by atoms with Crippen LogP contribution in [0.25, 0.3) is 0 Å². The zero-order valence-electron chi connectivity index (χ0n) is 5.77. The number of nitrogens with one attached hydrogen (secondary N) is 2. The Morgan fingerprint density at radius 3 is 3.20 bits per heavy atom. The van der Waals surface area contributed by atoms with Crippen molar-refractivity contribution in [2.45, 2.75) is 6.42 Å². The molecule has 0 radical (unpaired) electrons. The molecule has 1 unspecified atom stereocenters. The lowest BCUT2D eigenvalue weighted by atomic mass is 10.5. The lowest BCUT2D eigenvalue weighted by molar-refractivity contribution is 0.311. The molecular formula is C5H12ClN2OP. The van der Waals surface area contributed by atoms with E-state index >= 15 is 0 Å². The molecule has 1 saturated heterocycles. The summed E-state index contributed by atoms with van der Waals surface area (Å²) in [6.07, 6.45) is 1.11. The molecule has 10 heavy (non-hydrogen) atoms. The summed E-state index contributed by atoms with van der Waals surface area (Å²) >= 11 is 5.49. The smallest absolute Gasteiger partial charge is 0.182 e. The number of hydrogen-bond donors (Lipinski definition) is 2. The topological polar surface area (TPSA) is 33.3 Å². The highest BCUT2D eigenvalue weighted by Gasteiger charge is 2.11. The van der Waals surface area contributed by atoms with E-state index in [1.54, 1.807) is 0 Å². The second-order valence-electron chi connectivity index (χ2n) is 1.99. The molecule has 1 heterocycles. The number of halogens is 1. The Hall–Kier alpha value is 0.600. The van der Waals surface area contributed by atoms with Gasteiger partial charge in [-0.2, -0.15) is 0 Å². The van der Waals surface area contributed by atoms with Gasteiger partial charge in [-0.3, -0.25) is 10.2 Å². The number of rotatable bonds is 3. The zero-order chi connectivity index (χ0) is 7.23. The van der Waals surface area contributed by atoms with Crippen LogP contribution in [-0.4, -0.2) is 25.6 Å². The van der Waals surface area contributed by atoms with Crippen molar-refractivity contribution < 1.29 is 4.52 Å². The lowest BCUT2D eigenvalue weighted by Gasteiger charge is -2.23. The highest BCUT2D eigenvalue weighted by Crippen LogP contribution is 2.28. The third-order valence-corrected chi connectivity index (χ3v) is 2.80. The van der Waals surface area contributed by atoms with Gasteiger partial charge in [-0.1, -0.05) is 0 Å². The van der Waals surface area contributed by atoms with Crippen LogP contribution in [0.2, 0.25) is 0 Å². The molecule has 0 amide bonds. The predicted octanol–water partition coefficient (Wildman–Crippen LogP) is 1.05. The van der Waals surface area contributed by atoms with Gasteiger partial charge >= 0.3 is 0 Å². The quantitative estimate of drug-likeness (QED) is 0.506. The van der Waals surface area contributed by atoms with Gasteiger partial charge in [0.05, 0.1) is 6.61 Å². The minimum Gasteiger partial charge on any atom is -0.332 e. The Kier molecular flexibility index (Phi) is 4.59. The van der Waals surface area contributed by atoms with Crippen molar-refractivity contribution in [3.05, 3.63) is 0 Å². The Bertz CT molecular complexity index is 89.7. The molecule has 0 bridgehead atoms. The first-order chi connectivity index (χ1) is 4.93. The first-order valence-corrected chi connectivity index (χ1v) is 5.19. The van der Waals surface area contributed by atoms with Crippen molar-refractivity contribution in [3.8, 4) is 0 Å². The van der Waals surface area contributed by atoms with Crippen LogP contribution >= 0.6 is 20.1 Å². The third kappa shape index (κ3) is 3.13. The largest absolute Gasteiger partial charge is 0.332 e. The Morgan fingerprint density at radius 2 is 2.60 bits per heavy atom. The summed E-state index contributed by atoms with van der Waals surface area (Å²) in [7, 11) is -0.562. The van der Waals surface area contributed by atoms with Crippen LogP contribution in [0.5, 0.6) is 0 Å². The first-order valence-electron chi connectivity index (χ1n) is 3.39. The average Bonchev–Trinajstić information content (AvgIpc) is 2.03. The maximum absolute atomic E-state index is 5.49. The first kappa shape index (κ1) is 8.69. The number of hydrogen-bond acceptors (Lipinski definition) is 3. The second kappa shape index (κ2) is 5.28. The summed E-state index contributed by atoms with van der Waals surface area (Å²) in [5.41, 5.74) is 0. The van der Waals surface area contributed by atoms with E-state index < -0.39 is 8.45 Å². The molecule has 60 valence electrons. The molecule has 0 saturated carbocycles. The van der Waals surface area contributed by atoms with Crippen LogP contribution < -0.4 is 10.2 Å². The van der Waals surface area contributed by atoms with Gasteiger partial charge in [-0.25, -0.2) is 0 Å². The zero-order valence-corrected chi connectivity index (χ0v) is 7.42. The van der Waals surface area contributed by atoms with Crippen molar-refractivity contribution in [2.75, 3.05) is 25.6 Å². The molecular weight excluding hydrogens is 170 g/mol. The minimum atomic E-state index is -0.562. The van der Waals surface area contributed by atoms with Crippen molar-refractivity contribution in [3.63, 3.8) is 0 Å². The van der Waals surface area contributed by atoms with Gasteiger partial charge in [0.2, 0.25) is 0 Å². The molecule has 1 rings (SSSR count). The summed E-state index contributed by atoms with van der Waals surface area (Å²) < 4.78 is 5.36. The van der Waals surface area contributed by atoms with Crippen LogP contribution in [0.3, 0.4) is 0 Å². The fourth-order valence-electron chi connectivity index (χ4n) is 0.700. The maximum atomic E-state index is 5.49. The molecule has 2 N–H and O–H groups in total. The van der Waals surface area contributed by atoms with Crippen molar-refractivity contribution in [2.24, 2.45) is 0 Å².